The molecule has 134 valence electrons. The number of hydrogen-bond acceptors (Lipinski definition) is 2. The van der Waals surface area contributed by atoms with E-state index in [4.69, 9.17) is 0 Å². The predicted molar refractivity (Wildman–Crippen MR) is 96.4 cm³/mol. The maximum absolute atomic E-state index is 13.2. The van der Waals surface area contributed by atoms with Crippen LogP contribution in [-0.4, -0.2) is 17.0 Å². The lowest BCUT2D eigenvalue weighted by molar-refractivity contribution is -0.266. The Labute approximate surface area is 147 Å². The highest BCUT2D eigenvalue weighted by Crippen LogP contribution is 2.80. The van der Waals surface area contributed by atoms with Crippen LogP contribution in [-0.2, 0) is 4.79 Å². The summed E-state index contributed by atoms with van der Waals surface area (Å²) in [6.07, 6.45) is 6.96. The number of rotatable bonds is 0. The van der Waals surface area contributed by atoms with E-state index in [1.54, 1.807) is 0 Å². The van der Waals surface area contributed by atoms with E-state index in [-0.39, 0.29) is 33.7 Å². The molecule has 0 aromatic heterocycles. The molecule has 0 aromatic rings. The average Bonchev–Trinajstić information content (AvgIpc) is 2.65. The van der Waals surface area contributed by atoms with Gasteiger partial charge < -0.3 is 5.11 Å². The topological polar surface area (TPSA) is 37.3 Å². The van der Waals surface area contributed by atoms with E-state index in [0.29, 0.717) is 24.0 Å². The molecule has 3 fully saturated rings. The Bertz CT molecular complexity index is 636. The van der Waals surface area contributed by atoms with Crippen molar-refractivity contribution in [2.75, 3.05) is 0 Å². The van der Waals surface area contributed by atoms with E-state index in [1.165, 1.54) is 18.4 Å². The summed E-state index contributed by atoms with van der Waals surface area (Å²) in [7, 11) is 0. The van der Waals surface area contributed by atoms with Gasteiger partial charge in [-0.3, -0.25) is 4.79 Å². The Balaban J connectivity index is 2.05. The molecule has 4 rings (SSSR count). The van der Waals surface area contributed by atoms with Gasteiger partial charge >= 0.3 is 0 Å². The summed E-state index contributed by atoms with van der Waals surface area (Å²) in [6, 6.07) is 0. The first kappa shape index (κ1) is 16.8. The number of carbonyl (C=O) groups excluding carboxylic acids is 1. The maximum Gasteiger partial charge on any atom is 0.141 e. The van der Waals surface area contributed by atoms with Crippen molar-refractivity contribution >= 4 is 5.78 Å². The second-order valence-electron chi connectivity index (χ2n) is 10.5. The molecule has 24 heavy (non-hydrogen) atoms. The number of Topliss-reactive ketones (excluding diaryl/α,β-unsaturated/α-hetero) is 1. The van der Waals surface area contributed by atoms with Gasteiger partial charge in [-0.1, -0.05) is 46.3 Å². The molecule has 0 bridgehead atoms. The van der Waals surface area contributed by atoms with Crippen LogP contribution < -0.4 is 0 Å². The first-order chi connectivity index (χ1) is 11.0. The zero-order valence-corrected chi connectivity index (χ0v) is 16.3. The van der Waals surface area contributed by atoms with E-state index in [2.05, 4.69) is 47.6 Å². The van der Waals surface area contributed by atoms with Crippen LogP contribution in [0.15, 0.2) is 11.6 Å². The third-order valence-electron chi connectivity index (χ3n) is 10.1. The quantitative estimate of drug-likeness (QED) is 0.650. The second-order valence-corrected chi connectivity index (χ2v) is 10.5. The van der Waals surface area contributed by atoms with Gasteiger partial charge in [0.1, 0.15) is 5.78 Å². The fourth-order valence-corrected chi connectivity index (χ4v) is 8.27. The predicted octanol–water partition coefficient (Wildman–Crippen LogP) is 4.76. The summed E-state index contributed by atoms with van der Waals surface area (Å²) in [4.78, 5) is 13.2. The largest absolute Gasteiger partial charge is 0.393 e. The van der Waals surface area contributed by atoms with Gasteiger partial charge in [-0.15, -0.1) is 0 Å². The monoisotopic (exact) mass is 330 g/mol. The molecule has 0 spiro atoms. The van der Waals surface area contributed by atoms with Gasteiger partial charge in [-0.25, -0.2) is 0 Å². The van der Waals surface area contributed by atoms with Crippen LogP contribution in [0.5, 0.6) is 0 Å². The molecule has 0 aliphatic heterocycles. The molecule has 2 nitrogen and oxygen atoms in total. The third kappa shape index (κ3) is 1.48. The normalized spacial score (nSPS) is 59.6. The summed E-state index contributed by atoms with van der Waals surface area (Å²) < 4.78 is 0. The standard InChI is InChI=1S/C22H34O2/c1-13-9-10-19(3)12-17(24)20(4)11-16(23)18-14(2)7-8-15(13)21(19,5)22(18,20)6/h7,13,15,17-18,24H,8-12H2,1-6H3/t13?,15?,17-,18?,19?,20-,21+,22-/m1/s1. The first-order valence-corrected chi connectivity index (χ1v) is 9.90. The molecule has 0 amide bonds. The highest BCUT2D eigenvalue weighted by molar-refractivity contribution is 5.89. The van der Waals surface area contributed by atoms with Gasteiger partial charge in [0, 0.05) is 17.8 Å². The third-order valence-corrected chi connectivity index (χ3v) is 10.1. The zero-order valence-electron chi connectivity index (χ0n) is 16.3. The van der Waals surface area contributed by atoms with Crippen LogP contribution in [0.25, 0.3) is 0 Å². The Morgan fingerprint density at radius 2 is 1.83 bits per heavy atom. The van der Waals surface area contributed by atoms with Gasteiger partial charge in [0.2, 0.25) is 0 Å². The number of aliphatic hydroxyl groups is 1. The fraction of sp³-hybridized carbons (Fsp3) is 0.864. The lowest BCUT2D eigenvalue weighted by atomic mass is 9.32. The minimum absolute atomic E-state index is 0.00271. The number of carbonyl (C=O) groups is 1. The lowest BCUT2D eigenvalue weighted by Crippen LogP contribution is -2.69. The molecule has 3 saturated carbocycles. The van der Waals surface area contributed by atoms with Gasteiger partial charge in [-0.2, -0.15) is 0 Å². The highest BCUT2D eigenvalue weighted by atomic mass is 16.3. The smallest absolute Gasteiger partial charge is 0.141 e. The summed E-state index contributed by atoms with van der Waals surface area (Å²) in [6.45, 7) is 14.1. The molecule has 0 aromatic carbocycles. The number of ketones is 1. The average molecular weight is 331 g/mol. The zero-order chi connectivity index (χ0) is 17.7. The molecule has 0 heterocycles. The molecular weight excluding hydrogens is 296 g/mol. The van der Waals surface area contributed by atoms with E-state index in [0.717, 1.165) is 12.8 Å². The summed E-state index contributed by atoms with van der Waals surface area (Å²) in [5.74, 6) is 1.67. The van der Waals surface area contributed by atoms with Crippen LogP contribution >= 0.6 is 0 Å². The van der Waals surface area contributed by atoms with Crippen molar-refractivity contribution in [3.63, 3.8) is 0 Å². The molecule has 0 radical (unpaired) electrons. The molecule has 4 aliphatic rings. The van der Waals surface area contributed by atoms with Crippen molar-refractivity contribution in [1.29, 1.82) is 0 Å². The van der Waals surface area contributed by atoms with Crippen LogP contribution in [0.1, 0.15) is 73.6 Å². The lowest BCUT2D eigenvalue weighted by Gasteiger charge is -2.72. The maximum atomic E-state index is 13.2. The van der Waals surface area contributed by atoms with E-state index in [1.807, 2.05) is 0 Å². The van der Waals surface area contributed by atoms with E-state index < -0.39 is 0 Å². The van der Waals surface area contributed by atoms with Crippen molar-refractivity contribution in [2.24, 2.45) is 39.4 Å². The number of hydrogen-bond donors (Lipinski definition) is 1. The molecule has 4 aliphatic carbocycles. The van der Waals surface area contributed by atoms with Gasteiger partial charge in [0.15, 0.2) is 0 Å². The molecular formula is C22H34O2. The Hall–Kier alpha value is -0.630. The highest BCUT2D eigenvalue weighted by Gasteiger charge is 2.77. The molecule has 4 unspecified atom stereocenters. The minimum Gasteiger partial charge on any atom is -0.393 e. The molecule has 2 heteroatoms. The van der Waals surface area contributed by atoms with Crippen molar-refractivity contribution in [3.8, 4) is 0 Å². The van der Waals surface area contributed by atoms with Crippen molar-refractivity contribution in [1.82, 2.24) is 0 Å². The van der Waals surface area contributed by atoms with Crippen LogP contribution in [0.2, 0.25) is 0 Å². The van der Waals surface area contributed by atoms with E-state index in [9.17, 15) is 9.90 Å². The van der Waals surface area contributed by atoms with Crippen molar-refractivity contribution < 1.29 is 9.90 Å². The minimum atomic E-state index is -0.366. The van der Waals surface area contributed by atoms with Gasteiger partial charge in [0.25, 0.3) is 0 Å². The van der Waals surface area contributed by atoms with Crippen LogP contribution in [0.4, 0.5) is 0 Å². The van der Waals surface area contributed by atoms with Crippen molar-refractivity contribution in [2.45, 2.75) is 79.8 Å². The number of allylic oxidation sites excluding steroid dienone is 2. The molecule has 0 saturated heterocycles. The van der Waals surface area contributed by atoms with Crippen LogP contribution in [0.3, 0.4) is 0 Å². The van der Waals surface area contributed by atoms with Gasteiger partial charge in [0.05, 0.1) is 6.10 Å². The van der Waals surface area contributed by atoms with E-state index >= 15 is 0 Å². The number of aliphatic hydroxyl groups excluding tert-OH is 1. The van der Waals surface area contributed by atoms with Crippen LogP contribution in [0, 0.1) is 39.4 Å². The van der Waals surface area contributed by atoms with Gasteiger partial charge in [-0.05, 0) is 60.7 Å². The summed E-state index contributed by atoms with van der Waals surface area (Å²) in [5.41, 5.74) is 1.04. The summed E-state index contributed by atoms with van der Waals surface area (Å²) in [5, 5.41) is 11.2. The first-order valence-electron chi connectivity index (χ1n) is 9.90. The fourth-order valence-electron chi connectivity index (χ4n) is 8.27. The summed E-state index contributed by atoms with van der Waals surface area (Å²) >= 11 is 0. The second kappa shape index (κ2) is 4.55. The Morgan fingerprint density at radius 3 is 2.50 bits per heavy atom. The molecule has 1 N–H and O–H groups in total. The Kier molecular flexibility index (Phi) is 3.19. The Morgan fingerprint density at radius 1 is 1.17 bits per heavy atom. The molecule has 8 atom stereocenters. The van der Waals surface area contributed by atoms with Crippen molar-refractivity contribution in [3.05, 3.63) is 11.6 Å². The SMILES string of the molecule is CC1=CCC2C(C)CCC3(C)C[C@@H](O)[C@@]4(C)CC(=O)C1[C@@]4(C)[C@@]23C.